The van der Waals surface area contributed by atoms with Crippen molar-refractivity contribution in [3.05, 3.63) is 65.7 Å². The number of carbonyl (C=O) groups excluding carboxylic acids is 1. The minimum atomic E-state index is -0.262. The Balaban J connectivity index is 1.88. The summed E-state index contributed by atoms with van der Waals surface area (Å²) in [5.41, 5.74) is 2.11. The summed E-state index contributed by atoms with van der Waals surface area (Å²) < 4.78 is 5.66. The van der Waals surface area contributed by atoms with Gasteiger partial charge in [-0.25, -0.2) is 4.79 Å². The molecular weight excluding hydrogens is 304 g/mol. The maximum absolute atomic E-state index is 12.3. The highest BCUT2D eigenvalue weighted by Gasteiger charge is 2.13. The molecule has 0 aliphatic carbocycles. The zero-order chi connectivity index (χ0) is 17.2. The van der Waals surface area contributed by atoms with E-state index in [1.165, 1.54) is 0 Å². The Labute approximate surface area is 142 Å². The summed E-state index contributed by atoms with van der Waals surface area (Å²) in [6.07, 6.45) is 0.870. The number of aliphatic hydroxyl groups is 1. The summed E-state index contributed by atoms with van der Waals surface area (Å²) in [6, 6.07) is 17.2. The lowest BCUT2D eigenvalue weighted by Crippen LogP contribution is -2.42. The molecule has 0 aromatic heterocycles. The molecule has 0 aliphatic rings. The van der Waals surface area contributed by atoms with Crippen molar-refractivity contribution in [2.24, 2.45) is 0 Å². The average Bonchev–Trinajstić information content (AvgIpc) is 2.62. The van der Waals surface area contributed by atoms with Crippen LogP contribution in [-0.2, 0) is 13.0 Å². The molecule has 0 spiro atoms. The predicted molar refractivity (Wildman–Crippen MR) is 93.8 cm³/mol. The number of para-hydroxylation sites is 1. The van der Waals surface area contributed by atoms with Gasteiger partial charge in [-0.1, -0.05) is 55.5 Å². The SMILES string of the molecule is CCc1ccccc1OCNC(=O)N(CCO)Cc1ccccc1. The van der Waals surface area contributed by atoms with Gasteiger partial charge in [0.1, 0.15) is 5.75 Å². The van der Waals surface area contributed by atoms with Crippen LogP contribution in [0.1, 0.15) is 18.1 Å². The number of nitrogens with zero attached hydrogens (tertiary/aromatic N) is 1. The molecule has 0 saturated carbocycles. The second-order valence-electron chi connectivity index (χ2n) is 5.36. The number of aryl methyl sites for hydroxylation is 1. The summed E-state index contributed by atoms with van der Waals surface area (Å²) >= 11 is 0. The molecule has 0 saturated heterocycles. The molecule has 0 radical (unpaired) electrons. The van der Waals surface area contributed by atoms with Crippen LogP contribution in [0.15, 0.2) is 54.6 Å². The van der Waals surface area contributed by atoms with Crippen molar-refractivity contribution >= 4 is 6.03 Å². The van der Waals surface area contributed by atoms with Gasteiger partial charge in [0.2, 0.25) is 0 Å². The van der Waals surface area contributed by atoms with Gasteiger partial charge < -0.3 is 20.1 Å². The number of benzene rings is 2. The van der Waals surface area contributed by atoms with E-state index in [1.54, 1.807) is 4.90 Å². The number of hydrogen-bond acceptors (Lipinski definition) is 3. The number of rotatable bonds is 8. The predicted octanol–water partition coefficient (Wildman–Crippen LogP) is 2.79. The van der Waals surface area contributed by atoms with Crippen LogP contribution < -0.4 is 10.1 Å². The molecule has 2 N–H and O–H groups in total. The van der Waals surface area contributed by atoms with Gasteiger partial charge in [-0.05, 0) is 23.6 Å². The second kappa shape index (κ2) is 9.57. The van der Waals surface area contributed by atoms with Crippen molar-refractivity contribution in [1.82, 2.24) is 10.2 Å². The molecule has 2 amide bonds. The van der Waals surface area contributed by atoms with E-state index in [4.69, 9.17) is 4.74 Å². The van der Waals surface area contributed by atoms with Gasteiger partial charge in [0.25, 0.3) is 0 Å². The molecule has 0 unspecified atom stereocenters. The van der Waals surface area contributed by atoms with Crippen LogP contribution >= 0.6 is 0 Å². The number of nitrogens with one attached hydrogen (secondary N) is 1. The number of ether oxygens (including phenoxy) is 1. The fourth-order valence-corrected chi connectivity index (χ4v) is 2.40. The first-order valence-electron chi connectivity index (χ1n) is 8.13. The number of urea groups is 1. The standard InChI is InChI=1S/C19H24N2O3/c1-2-17-10-6-7-11-18(17)24-15-20-19(23)21(12-13-22)14-16-8-4-3-5-9-16/h3-11,22H,2,12-15H2,1H3,(H,20,23). The molecule has 2 aromatic rings. The average molecular weight is 328 g/mol. The molecule has 5 heteroatoms. The maximum atomic E-state index is 12.3. The molecule has 2 aromatic carbocycles. The van der Waals surface area contributed by atoms with Gasteiger partial charge in [-0.15, -0.1) is 0 Å². The Morgan fingerprint density at radius 3 is 2.54 bits per heavy atom. The molecule has 0 bridgehead atoms. The van der Waals surface area contributed by atoms with Crippen LogP contribution in [-0.4, -0.2) is 35.9 Å². The fraction of sp³-hybridized carbons (Fsp3) is 0.316. The summed E-state index contributed by atoms with van der Waals surface area (Å²) in [6.45, 7) is 2.78. The molecule has 0 heterocycles. The molecular formula is C19H24N2O3. The normalized spacial score (nSPS) is 10.2. The van der Waals surface area contributed by atoms with E-state index >= 15 is 0 Å². The van der Waals surface area contributed by atoms with Crippen LogP contribution in [0.25, 0.3) is 0 Å². The highest BCUT2D eigenvalue weighted by molar-refractivity contribution is 5.74. The summed E-state index contributed by atoms with van der Waals surface area (Å²) in [5, 5.41) is 11.9. The van der Waals surface area contributed by atoms with Gasteiger partial charge in [0.15, 0.2) is 6.73 Å². The monoisotopic (exact) mass is 328 g/mol. The first-order chi connectivity index (χ1) is 11.7. The third kappa shape index (κ3) is 5.28. The van der Waals surface area contributed by atoms with E-state index in [9.17, 15) is 9.90 Å². The van der Waals surface area contributed by atoms with Gasteiger partial charge in [0, 0.05) is 13.1 Å². The van der Waals surface area contributed by atoms with Gasteiger partial charge in [-0.2, -0.15) is 0 Å². The first kappa shape index (κ1) is 17.8. The summed E-state index contributed by atoms with van der Waals surface area (Å²) in [5.74, 6) is 0.775. The van der Waals surface area contributed by atoms with Gasteiger partial charge in [-0.3, -0.25) is 0 Å². The summed E-state index contributed by atoms with van der Waals surface area (Å²) in [4.78, 5) is 13.9. The molecule has 0 aliphatic heterocycles. The van der Waals surface area contributed by atoms with Crippen LogP contribution in [0.5, 0.6) is 5.75 Å². The molecule has 24 heavy (non-hydrogen) atoms. The number of carbonyl (C=O) groups is 1. The van der Waals surface area contributed by atoms with Crippen molar-refractivity contribution in [2.75, 3.05) is 19.9 Å². The zero-order valence-corrected chi connectivity index (χ0v) is 13.9. The molecule has 2 rings (SSSR count). The number of hydrogen-bond donors (Lipinski definition) is 2. The first-order valence-corrected chi connectivity index (χ1v) is 8.13. The minimum Gasteiger partial charge on any atom is -0.473 e. The van der Waals surface area contributed by atoms with Crippen LogP contribution in [0.4, 0.5) is 4.79 Å². The number of aliphatic hydroxyl groups excluding tert-OH is 1. The third-order valence-electron chi connectivity index (χ3n) is 3.68. The van der Waals surface area contributed by atoms with Crippen LogP contribution in [0.3, 0.4) is 0 Å². The van der Waals surface area contributed by atoms with E-state index in [2.05, 4.69) is 12.2 Å². The Bertz CT molecular complexity index is 632. The Morgan fingerprint density at radius 2 is 1.83 bits per heavy atom. The highest BCUT2D eigenvalue weighted by Crippen LogP contribution is 2.17. The summed E-state index contributed by atoms with van der Waals surface area (Å²) in [7, 11) is 0. The molecule has 0 fully saturated rings. The quantitative estimate of drug-likeness (QED) is 0.733. The Hall–Kier alpha value is -2.53. The van der Waals surface area contributed by atoms with Crippen molar-refractivity contribution < 1.29 is 14.6 Å². The molecule has 0 atom stereocenters. The van der Waals surface area contributed by atoms with Gasteiger partial charge in [0.05, 0.1) is 6.61 Å². The van der Waals surface area contributed by atoms with Crippen molar-refractivity contribution in [1.29, 1.82) is 0 Å². The topological polar surface area (TPSA) is 61.8 Å². The van der Waals surface area contributed by atoms with Gasteiger partial charge >= 0.3 is 6.03 Å². The number of amides is 2. The molecule has 128 valence electrons. The van der Waals surface area contributed by atoms with E-state index in [0.717, 1.165) is 23.3 Å². The Morgan fingerprint density at radius 1 is 1.12 bits per heavy atom. The molecule has 5 nitrogen and oxygen atoms in total. The van der Waals surface area contributed by atoms with E-state index in [0.29, 0.717) is 6.54 Å². The van der Waals surface area contributed by atoms with E-state index < -0.39 is 0 Å². The lowest BCUT2D eigenvalue weighted by molar-refractivity contribution is 0.164. The zero-order valence-electron chi connectivity index (χ0n) is 13.9. The largest absolute Gasteiger partial charge is 0.473 e. The Kier molecular flexibility index (Phi) is 7.11. The fourth-order valence-electron chi connectivity index (χ4n) is 2.40. The van der Waals surface area contributed by atoms with Crippen molar-refractivity contribution in [2.45, 2.75) is 19.9 Å². The third-order valence-corrected chi connectivity index (χ3v) is 3.68. The van der Waals surface area contributed by atoms with Crippen molar-refractivity contribution in [3.8, 4) is 5.75 Å². The second-order valence-corrected chi connectivity index (χ2v) is 5.36. The maximum Gasteiger partial charge on any atom is 0.320 e. The lowest BCUT2D eigenvalue weighted by Gasteiger charge is -2.22. The minimum absolute atomic E-state index is 0.0836. The smallest absolute Gasteiger partial charge is 0.320 e. The lowest BCUT2D eigenvalue weighted by atomic mass is 10.1. The van der Waals surface area contributed by atoms with Crippen molar-refractivity contribution in [3.63, 3.8) is 0 Å². The van der Waals surface area contributed by atoms with E-state index in [1.807, 2.05) is 54.6 Å². The van der Waals surface area contributed by atoms with E-state index in [-0.39, 0.29) is 25.9 Å². The van der Waals surface area contributed by atoms with Crippen LogP contribution in [0.2, 0.25) is 0 Å². The highest BCUT2D eigenvalue weighted by atomic mass is 16.5. The van der Waals surface area contributed by atoms with Crippen LogP contribution in [0, 0.1) is 0 Å².